The number of hydrogen-bond acceptors (Lipinski definition) is 2. The fourth-order valence-corrected chi connectivity index (χ4v) is 2.23. The number of hydrogen-bond donors (Lipinski definition) is 2. The summed E-state index contributed by atoms with van der Waals surface area (Å²) in [5.74, 6) is 0.352. The van der Waals surface area contributed by atoms with Gasteiger partial charge in [-0.1, -0.05) is 12.1 Å². The molecule has 0 aromatic heterocycles. The van der Waals surface area contributed by atoms with E-state index in [2.05, 4.69) is 5.32 Å². The summed E-state index contributed by atoms with van der Waals surface area (Å²) in [5.41, 5.74) is 1.61. The molecule has 3 fully saturated rings. The van der Waals surface area contributed by atoms with Crippen LogP contribution in [0.5, 0.6) is 5.75 Å². The highest BCUT2D eigenvalue weighted by molar-refractivity contribution is 5.38. The van der Waals surface area contributed by atoms with Crippen molar-refractivity contribution in [2.24, 2.45) is 0 Å². The predicted molar refractivity (Wildman–Crippen MR) is 45.9 cm³/mol. The van der Waals surface area contributed by atoms with Gasteiger partial charge >= 0.3 is 0 Å². The van der Waals surface area contributed by atoms with Crippen molar-refractivity contribution in [2.75, 3.05) is 0 Å². The summed E-state index contributed by atoms with van der Waals surface area (Å²) in [6.45, 7) is 0. The molecule has 2 aliphatic heterocycles. The second-order valence-electron chi connectivity index (χ2n) is 3.88. The first kappa shape index (κ1) is 6.49. The second-order valence-corrected chi connectivity index (χ2v) is 3.88. The molecule has 1 aliphatic carbocycles. The van der Waals surface area contributed by atoms with Crippen molar-refractivity contribution in [3.05, 3.63) is 29.8 Å². The van der Waals surface area contributed by atoms with Crippen LogP contribution in [0.3, 0.4) is 0 Å². The lowest BCUT2D eigenvalue weighted by atomic mass is 9.59. The standard InChI is InChI=1S/C10H11NO/c12-9-3-1-7(2-4-9)10-5-8(6-10)11-10/h1-4,8,11-12H,5-6H2. The van der Waals surface area contributed by atoms with Crippen molar-refractivity contribution >= 4 is 0 Å². The molecular weight excluding hydrogens is 150 g/mol. The SMILES string of the molecule is Oc1ccc(C23CC(C2)N3)cc1. The zero-order chi connectivity index (χ0) is 8.18. The zero-order valence-corrected chi connectivity index (χ0v) is 6.75. The maximum absolute atomic E-state index is 9.11. The first-order chi connectivity index (χ1) is 5.78. The number of rotatable bonds is 1. The van der Waals surface area contributed by atoms with Crippen molar-refractivity contribution < 1.29 is 5.11 Å². The van der Waals surface area contributed by atoms with Crippen molar-refractivity contribution in [1.29, 1.82) is 0 Å². The Morgan fingerprint density at radius 3 is 2.25 bits per heavy atom. The van der Waals surface area contributed by atoms with Gasteiger partial charge in [-0.15, -0.1) is 0 Å². The van der Waals surface area contributed by atoms with E-state index >= 15 is 0 Å². The highest BCUT2D eigenvalue weighted by Gasteiger charge is 2.56. The topological polar surface area (TPSA) is 32.3 Å². The predicted octanol–water partition coefficient (Wildman–Crippen LogP) is 1.35. The van der Waals surface area contributed by atoms with E-state index in [4.69, 9.17) is 5.11 Å². The van der Waals surface area contributed by atoms with Gasteiger partial charge in [-0.25, -0.2) is 0 Å². The van der Waals surface area contributed by atoms with Crippen LogP contribution in [0.1, 0.15) is 18.4 Å². The van der Waals surface area contributed by atoms with E-state index in [0.29, 0.717) is 11.3 Å². The van der Waals surface area contributed by atoms with E-state index in [1.807, 2.05) is 12.1 Å². The molecule has 0 atom stereocenters. The Labute approximate surface area is 71.2 Å². The quantitative estimate of drug-likeness (QED) is 0.651. The summed E-state index contributed by atoms with van der Waals surface area (Å²) >= 11 is 0. The molecule has 2 bridgehead atoms. The molecule has 62 valence electrons. The fraction of sp³-hybridized carbons (Fsp3) is 0.400. The van der Waals surface area contributed by atoms with Crippen LogP contribution in [-0.2, 0) is 5.54 Å². The van der Waals surface area contributed by atoms with Crippen LogP contribution >= 0.6 is 0 Å². The van der Waals surface area contributed by atoms with Crippen LogP contribution in [0.2, 0.25) is 0 Å². The molecule has 0 spiro atoms. The average Bonchev–Trinajstić information content (AvgIpc) is 1.87. The molecule has 2 saturated heterocycles. The van der Waals surface area contributed by atoms with Gasteiger partial charge in [0.25, 0.3) is 0 Å². The molecular formula is C10H11NO. The molecule has 0 unspecified atom stereocenters. The van der Waals surface area contributed by atoms with Gasteiger partial charge < -0.3 is 10.4 Å². The maximum atomic E-state index is 9.11. The van der Waals surface area contributed by atoms with Gasteiger partial charge in [0.15, 0.2) is 0 Å². The summed E-state index contributed by atoms with van der Waals surface area (Å²) in [6.07, 6.45) is 2.55. The minimum absolute atomic E-state index is 0.290. The van der Waals surface area contributed by atoms with E-state index in [9.17, 15) is 0 Å². The first-order valence-electron chi connectivity index (χ1n) is 4.36. The summed E-state index contributed by atoms with van der Waals surface area (Å²) in [4.78, 5) is 0. The van der Waals surface area contributed by atoms with Crippen LogP contribution in [0.15, 0.2) is 24.3 Å². The number of nitrogens with one attached hydrogen (secondary N) is 1. The van der Waals surface area contributed by atoms with Gasteiger partial charge in [0, 0.05) is 11.6 Å². The Morgan fingerprint density at radius 2 is 1.83 bits per heavy atom. The Hall–Kier alpha value is -1.02. The van der Waals surface area contributed by atoms with Gasteiger partial charge in [0.1, 0.15) is 5.75 Å². The molecule has 0 radical (unpaired) electrons. The molecule has 2 N–H and O–H groups in total. The monoisotopic (exact) mass is 161 g/mol. The summed E-state index contributed by atoms with van der Waals surface area (Å²) in [5, 5.41) is 12.6. The Morgan fingerprint density at radius 1 is 1.25 bits per heavy atom. The number of phenolic OH excluding ortho intramolecular Hbond substituents is 1. The molecule has 1 aromatic carbocycles. The summed E-state index contributed by atoms with van der Waals surface area (Å²) < 4.78 is 0. The molecule has 2 heteroatoms. The highest BCUT2D eigenvalue weighted by Crippen LogP contribution is 2.52. The van der Waals surface area contributed by atoms with Gasteiger partial charge in [-0.2, -0.15) is 0 Å². The third kappa shape index (κ3) is 0.636. The van der Waals surface area contributed by atoms with Gasteiger partial charge in [-0.05, 0) is 30.5 Å². The molecule has 3 aliphatic rings. The zero-order valence-electron chi connectivity index (χ0n) is 6.75. The Balaban J connectivity index is 1.96. The second kappa shape index (κ2) is 1.83. The summed E-state index contributed by atoms with van der Waals surface area (Å²) in [7, 11) is 0. The lowest BCUT2D eigenvalue weighted by molar-refractivity contribution is -0.0219. The molecule has 2 heterocycles. The average molecular weight is 161 g/mol. The minimum atomic E-state index is 0.290. The fourth-order valence-electron chi connectivity index (χ4n) is 2.23. The smallest absolute Gasteiger partial charge is 0.115 e. The minimum Gasteiger partial charge on any atom is -0.508 e. The van der Waals surface area contributed by atoms with E-state index in [1.54, 1.807) is 12.1 Å². The molecule has 0 amide bonds. The first-order valence-corrected chi connectivity index (χ1v) is 4.36. The largest absolute Gasteiger partial charge is 0.508 e. The van der Waals surface area contributed by atoms with Crippen LogP contribution in [-0.4, -0.2) is 11.1 Å². The molecule has 1 saturated carbocycles. The van der Waals surface area contributed by atoms with Gasteiger partial charge in [0.2, 0.25) is 0 Å². The van der Waals surface area contributed by atoms with E-state index in [-0.39, 0.29) is 0 Å². The van der Waals surface area contributed by atoms with Gasteiger partial charge in [-0.3, -0.25) is 0 Å². The van der Waals surface area contributed by atoms with E-state index in [0.717, 1.165) is 6.04 Å². The van der Waals surface area contributed by atoms with Crippen LogP contribution in [0, 0.1) is 0 Å². The third-order valence-electron chi connectivity index (χ3n) is 3.09. The van der Waals surface area contributed by atoms with Crippen LogP contribution < -0.4 is 5.32 Å². The molecule has 12 heavy (non-hydrogen) atoms. The van der Waals surface area contributed by atoms with E-state index in [1.165, 1.54) is 18.4 Å². The molecule has 2 nitrogen and oxygen atoms in total. The van der Waals surface area contributed by atoms with Crippen molar-refractivity contribution in [3.63, 3.8) is 0 Å². The lowest BCUT2D eigenvalue weighted by Crippen LogP contribution is -2.74. The van der Waals surface area contributed by atoms with Crippen molar-refractivity contribution in [3.8, 4) is 5.75 Å². The van der Waals surface area contributed by atoms with Gasteiger partial charge in [0.05, 0.1) is 0 Å². The van der Waals surface area contributed by atoms with E-state index < -0.39 is 0 Å². The third-order valence-corrected chi connectivity index (χ3v) is 3.09. The van der Waals surface area contributed by atoms with Crippen LogP contribution in [0.4, 0.5) is 0 Å². The maximum Gasteiger partial charge on any atom is 0.115 e. The molecule has 1 aromatic rings. The Kier molecular flexibility index (Phi) is 0.989. The number of phenols is 1. The highest BCUT2D eigenvalue weighted by atomic mass is 16.3. The Bertz CT molecular complexity index is 300. The normalized spacial score (nSPS) is 36.8. The number of aromatic hydroxyl groups is 1. The van der Waals surface area contributed by atoms with Crippen LogP contribution in [0.25, 0.3) is 0 Å². The lowest BCUT2D eigenvalue weighted by Gasteiger charge is -2.63. The molecule has 4 rings (SSSR count). The van der Waals surface area contributed by atoms with Crippen molar-refractivity contribution in [2.45, 2.75) is 24.4 Å². The summed E-state index contributed by atoms with van der Waals surface area (Å²) in [6, 6.07) is 8.32. The van der Waals surface area contributed by atoms with Crippen molar-refractivity contribution in [1.82, 2.24) is 5.32 Å². The number of benzene rings is 1.